The van der Waals surface area contributed by atoms with Crippen molar-refractivity contribution in [2.45, 2.75) is 69.0 Å². The highest BCUT2D eigenvalue weighted by Gasteiger charge is 2.49. The third-order valence-electron chi connectivity index (χ3n) is 9.35. The fourth-order valence-electron chi connectivity index (χ4n) is 7.54. The Morgan fingerprint density at radius 2 is 1.88 bits per heavy atom. The Bertz CT molecular complexity index is 1590. The summed E-state index contributed by atoms with van der Waals surface area (Å²) in [5, 5.41) is 3.44. The van der Waals surface area contributed by atoms with Crippen molar-refractivity contribution in [3.05, 3.63) is 34.1 Å². The van der Waals surface area contributed by atoms with E-state index in [1.54, 1.807) is 0 Å². The van der Waals surface area contributed by atoms with Gasteiger partial charge in [-0.3, -0.25) is 4.90 Å². The fraction of sp³-hybridized carbons (Fsp3) is 0.552. The Morgan fingerprint density at radius 1 is 1.14 bits per heavy atom. The zero-order valence-corrected chi connectivity index (χ0v) is 24.2. The molecule has 2 unspecified atom stereocenters. The van der Waals surface area contributed by atoms with Crippen LogP contribution in [0.2, 0.25) is 5.02 Å². The van der Waals surface area contributed by atoms with Gasteiger partial charge in [0.25, 0.3) is 0 Å². The molecule has 230 valence electrons. The number of aryl methyl sites for hydroxylation is 1. The first kappa shape index (κ1) is 28.7. The molecule has 8 nitrogen and oxygen atoms in total. The van der Waals surface area contributed by atoms with E-state index in [2.05, 4.69) is 20.2 Å². The van der Waals surface area contributed by atoms with Gasteiger partial charge in [0.2, 0.25) is 0 Å². The van der Waals surface area contributed by atoms with Gasteiger partial charge < -0.3 is 20.7 Å². The Balaban J connectivity index is 1.38. The number of nitrogens with two attached hydrogens (primary N) is 1. The molecule has 0 radical (unpaired) electrons. The minimum atomic E-state index is -4.85. The third kappa shape index (κ3) is 4.93. The maximum absolute atomic E-state index is 16.0. The lowest BCUT2D eigenvalue weighted by Crippen LogP contribution is -2.51. The van der Waals surface area contributed by atoms with Gasteiger partial charge in [0.1, 0.15) is 30.2 Å². The number of ether oxygens (including phenoxy) is 1. The van der Waals surface area contributed by atoms with Crippen LogP contribution in [0.1, 0.15) is 43.2 Å². The summed E-state index contributed by atoms with van der Waals surface area (Å²) in [5.74, 6) is -0.825. The number of hydrogen-bond donors (Lipinski definition) is 2. The third-order valence-corrected chi connectivity index (χ3v) is 9.71. The molecular weight excluding hydrogens is 593 g/mol. The number of nitrogens with zero attached hydrogens (tertiary/aromatic N) is 5. The quantitative estimate of drug-likeness (QED) is 0.371. The molecule has 0 spiro atoms. The monoisotopic (exact) mass is 623 g/mol. The molecule has 2 bridgehead atoms. The van der Waals surface area contributed by atoms with Crippen LogP contribution in [0.5, 0.6) is 6.01 Å². The van der Waals surface area contributed by atoms with Crippen molar-refractivity contribution >= 4 is 34.1 Å². The molecule has 43 heavy (non-hydrogen) atoms. The van der Waals surface area contributed by atoms with Gasteiger partial charge >= 0.3 is 12.2 Å². The number of benzene rings is 1. The van der Waals surface area contributed by atoms with Crippen LogP contribution in [0.3, 0.4) is 0 Å². The summed E-state index contributed by atoms with van der Waals surface area (Å²) in [5.41, 5.74) is 2.77. The summed E-state index contributed by atoms with van der Waals surface area (Å²) in [6, 6.07) is 2.58. The van der Waals surface area contributed by atoms with Crippen molar-refractivity contribution in [1.29, 1.82) is 0 Å². The molecule has 4 saturated heterocycles. The first-order valence-corrected chi connectivity index (χ1v) is 14.9. The normalized spacial score (nSPS) is 27.3. The topological polar surface area (TPSA) is 92.4 Å². The van der Waals surface area contributed by atoms with E-state index in [9.17, 15) is 17.6 Å². The van der Waals surface area contributed by atoms with E-state index >= 15 is 4.39 Å². The summed E-state index contributed by atoms with van der Waals surface area (Å²) in [7, 11) is 0. The van der Waals surface area contributed by atoms with Crippen molar-refractivity contribution in [1.82, 2.24) is 25.2 Å². The smallest absolute Gasteiger partial charge is 0.418 e. The van der Waals surface area contributed by atoms with Crippen molar-refractivity contribution in [3.8, 4) is 17.3 Å². The molecule has 4 atom stereocenters. The average Bonchev–Trinajstić information content (AvgIpc) is 3.56. The number of anilines is 2. The van der Waals surface area contributed by atoms with Crippen molar-refractivity contribution in [2.24, 2.45) is 0 Å². The predicted octanol–water partition coefficient (Wildman–Crippen LogP) is 5.29. The summed E-state index contributed by atoms with van der Waals surface area (Å²) in [4.78, 5) is 17.2. The van der Waals surface area contributed by atoms with Crippen molar-refractivity contribution in [2.75, 3.05) is 43.4 Å². The van der Waals surface area contributed by atoms with E-state index in [1.165, 1.54) is 6.92 Å². The fourth-order valence-corrected chi connectivity index (χ4v) is 7.86. The Kier molecular flexibility index (Phi) is 6.86. The van der Waals surface area contributed by atoms with Gasteiger partial charge in [-0.1, -0.05) is 11.6 Å². The molecule has 4 fully saturated rings. The highest BCUT2D eigenvalue weighted by molar-refractivity contribution is 6.38. The molecule has 0 aliphatic carbocycles. The van der Waals surface area contributed by atoms with E-state index in [1.807, 2.05) is 4.90 Å². The number of hydrogen-bond acceptors (Lipinski definition) is 8. The molecule has 6 heterocycles. The van der Waals surface area contributed by atoms with Gasteiger partial charge in [0, 0.05) is 43.5 Å². The maximum atomic E-state index is 16.0. The number of fused-ring (bicyclic) bond motifs is 4. The molecule has 0 saturated carbocycles. The van der Waals surface area contributed by atoms with Gasteiger partial charge in [0.15, 0.2) is 0 Å². The highest BCUT2D eigenvalue weighted by Crippen LogP contribution is 2.46. The van der Waals surface area contributed by atoms with Crippen molar-refractivity contribution < 1.29 is 26.7 Å². The molecule has 7 rings (SSSR count). The first-order valence-electron chi connectivity index (χ1n) is 14.5. The second kappa shape index (κ2) is 10.3. The summed E-state index contributed by atoms with van der Waals surface area (Å²) in [6.07, 6.45) is -1.81. The molecule has 14 heteroatoms. The zero-order chi connectivity index (χ0) is 30.3. The molecule has 3 N–H and O–H groups in total. The molecule has 4 aliphatic rings. The van der Waals surface area contributed by atoms with E-state index in [0.29, 0.717) is 31.9 Å². The number of aromatic nitrogens is 3. The number of alkyl halides is 4. The number of piperazine rings is 1. The van der Waals surface area contributed by atoms with Gasteiger partial charge in [-0.25, -0.2) is 13.8 Å². The van der Waals surface area contributed by atoms with E-state index in [4.69, 9.17) is 27.1 Å². The number of pyridine rings is 1. The number of nitrogens with one attached hydrogen (secondary N) is 1. The lowest BCUT2D eigenvalue weighted by atomic mass is 9.95. The summed E-state index contributed by atoms with van der Waals surface area (Å²) in [6.45, 7) is 3.69. The second-order valence-corrected chi connectivity index (χ2v) is 12.6. The molecule has 2 aromatic heterocycles. The number of rotatable bonds is 5. The van der Waals surface area contributed by atoms with Crippen LogP contribution in [-0.4, -0.2) is 76.4 Å². The molecule has 0 amide bonds. The van der Waals surface area contributed by atoms with Gasteiger partial charge in [-0.15, -0.1) is 0 Å². The lowest BCUT2D eigenvalue weighted by Gasteiger charge is -2.34. The summed E-state index contributed by atoms with van der Waals surface area (Å²) < 4.78 is 79.1. The van der Waals surface area contributed by atoms with Gasteiger partial charge in [0.05, 0.1) is 32.9 Å². The minimum absolute atomic E-state index is 0.0366. The highest BCUT2D eigenvalue weighted by atomic mass is 35.5. The second-order valence-electron chi connectivity index (χ2n) is 12.3. The SMILES string of the molecule is Cc1cc(N)nc(-c2c(F)cc3c(N4CC5CCC(C4)N5)nc(OC[C@@]45CCCN4C[C@H](F)C5)nc3c2Cl)c1C(F)(F)F. The number of nitrogen functional groups attached to an aromatic ring is 1. The number of halogens is 6. The maximum Gasteiger partial charge on any atom is 0.418 e. The Hall–Kier alpha value is -3.03. The van der Waals surface area contributed by atoms with Crippen LogP contribution in [0.15, 0.2) is 12.1 Å². The van der Waals surface area contributed by atoms with Crippen LogP contribution in [0.25, 0.3) is 22.2 Å². The average molecular weight is 624 g/mol. The molecule has 4 aliphatic heterocycles. The van der Waals surface area contributed by atoms with Crippen LogP contribution >= 0.6 is 11.6 Å². The lowest BCUT2D eigenvalue weighted by molar-refractivity contribution is -0.137. The van der Waals surface area contributed by atoms with Crippen LogP contribution < -0.4 is 20.7 Å². The minimum Gasteiger partial charge on any atom is -0.461 e. The van der Waals surface area contributed by atoms with Crippen LogP contribution in [-0.2, 0) is 6.18 Å². The Morgan fingerprint density at radius 3 is 2.60 bits per heavy atom. The molecular formula is C29H31ClF5N7O. The molecule has 3 aromatic rings. The van der Waals surface area contributed by atoms with Crippen LogP contribution in [0, 0.1) is 12.7 Å². The largest absolute Gasteiger partial charge is 0.461 e. The predicted molar refractivity (Wildman–Crippen MR) is 153 cm³/mol. The van der Waals surface area contributed by atoms with E-state index in [0.717, 1.165) is 44.4 Å². The zero-order valence-electron chi connectivity index (χ0n) is 23.4. The van der Waals surface area contributed by atoms with E-state index < -0.39 is 40.5 Å². The standard InChI is InChI=1S/C29H31ClF5N7O/c1-14-7-20(36)38-25(22(14)29(33,34)35)21-19(32)8-18-24(23(21)30)39-27(40-26(18)41-11-16-3-4-17(12-41)37-16)43-13-28-5-2-6-42(28)10-15(31)9-28/h7-8,15-17,37H,2-6,9-13H2,1H3,(H2,36,38)/t15-,16?,17?,28+/m1/s1. The Labute approximate surface area is 249 Å². The van der Waals surface area contributed by atoms with Crippen LogP contribution in [0.4, 0.5) is 33.6 Å². The van der Waals surface area contributed by atoms with Gasteiger partial charge in [-0.2, -0.15) is 23.1 Å². The summed E-state index contributed by atoms with van der Waals surface area (Å²) >= 11 is 6.77. The molecule has 1 aromatic carbocycles. The van der Waals surface area contributed by atoms with Crippen molar-refractivity contribution in [3.63, 3.8) is 0 Å². The van der Waals surface area contributed by atoms with E-state index in [-0.39, 0.29) is 52.0 Å². The van der Waals surface area contributed by atoms with Gasteiger partial charge in [-0.05, 0) is 56.8 Å². The first-order chi connectivity index (χ1) is 20.4.